The summed E-state index contributed by atoms with van der Waals surface area (Å²) in [6.45, 7) is 4.78. The van der Waals surface area contributed by atoms with Gasteiger partial charge in [0.2, 0.25) is 5.91 Å². The molecule has 0 saturated heterocycles. The summed E-state index contributed by atoms with van der Waals surface area (Å²) in [7, 11) is 1.61. The summed E-state index contributed by atoms with van der Waals surface area (Å²) in [5, 5.41) is 5.49. The van der Waals surface area contributed by atoms with E-state index in [1.54, 1.807) is 7.05 Å². The van der Waals surface area contributed by atoms with Gasteiger partial charge in [0.25, 0.3) is 5.91 Å². The Balaban J connectivity index is 2.24. The molecule has 6 nitrogen and oxygen atoms in total. The average Bonchev–Trinajstić information content (AvgIpc) is 2.57. The minimum atomic E-state index is -0.617. The highest BCUT2D eigenvalue weighted by molar-refractivity contribution is 5.88. The number of nitrogens with zero attached hydrogens (tertiary/aromatic N) is 1. The quantitative estimate of drug-likeness (QED) is 0.848. The highest BCUT2D eigenvalue weighted by Crippen LogP contribution is 2.34. The third-order valence-electron chi connectivity index (χ3n) is 3.74. The lowest BCUT2D eigenvalue weighted by Crippen LogP contribution is -2.54. The maximum atomic E-state index is 12.2. The number of likely N-dealkylation sites (N-methyl/N-ethyl adjacent to an activating group) is 1. The summed E-state index contributed by atoms with van der Waals surface area (Å²) in [5.41, 5.74) is 0.832. The number of carbonyl (C=O) groups is 2. The molecule has 2 atom stereocenters. The molecule has 2 N–H and O–H groups in total. The number of hydrogen-bond donors (Lipinski definition) is 2. The number of carbonyl (C=O) groups excluding carboxylic acids is 2. The molecule has 1 aromatic rings. The van der Waals surface area contributed by atoms with E-state index in [4.69, 9.17) is 4.74 Å². The molecule has 2 amide bonds. The van der Waals surface area contributed by atoms with Crippen molar-refractivity contribution in [2.45, 2.75) is 32.4 Å². The van der Waals surface area contributed by atoms with E-state index in [2.05, 4.69) is 10.6 Å². The van der Waals surface area contributed by atoms with Crippen LogP contribution in [0.1, 0.15) is 20.3 Å². The third-order valence-corrected chi connectivity index (χ3v) is 3.74. The van der Waals surface area contributed by atoms with Crippen LogP contribution in [0.25, 0.3) is 0 Å². The molecule has 0 radical (unpaired) electrons. The second-order valence-electron chi connectivity index (χ2n) is 5.31. The zero-order valence-electron chi connectivity index (χ0n) is 13.3. The summed E-state index contributed by atoms with van der Waals surface area (Å²) in [6, 6.07) is 7.08. The van der Waals surface area contributed by atoms with Crippen LogP contribution in [0.5, 0.6) is 5.75 Å². The second kappa shape index (κ2) is 7.15. The molecule has 6 heteroatoms. The molecule has 0 bridgehead atoms. The molecule has 0 fully saturated rings. The van der Waals surface area contributed by atoms with Crippen molar-refractivity contribution in [2.24, 2.45) is 0 Å². The lowest BCUT2D eigenvalue weighted by atomic mass is 10.1. The smallest absolute Gasteiger partial charge is 0.262 e. The van der Waals surface area contributed by atoms with Gasteiger partial charge in [-0.15, -0.1) is 0 Å². The summed E-state index contributed by atoms with van der Waals surface area (Å²) in [5.74, 6) is 0.385. The molecule has 0 unspecified atom stereocenters. The van der Waals surface area contributed by atoms with E-state index in [9.17, 15) is 9.59 Å². The first kappa shape index (κ1) is 16.1. The van der Waals surface area contributed by atoms with Gasteiger partial charge in [0.1, 0.15) is 11.8 Å². The third kappa shape index (κ3) is 3.32. The van der Waals surface area contributed by atoms with Gasteiger partial charge in [0.15, 0.2) is 6.10 Å². The van der Waals surface area contributed by atoms with Gasteiger partial charge < -0.3 is 20.3 Å². The van der Waals surface area contributed by atoms with E-state index in [0.717, 1.165) is 12.1 Å². The van der Waals surface area contributed by atoms with Crippen LogP contribution in [-0.4, -0.2) is 44.1 Å². The Morgan fingerprint density at radius 3 is 2.82 bits per heavy atom. The van der Waals surface area contributed by atoms with Crippen molar-refractivity contribution >= 4 is 17.5 Å². The van der Waals surface area contributed by atoms with Crippen molar-refractivity contribution < 1.29 is 14.3 Å². The van der Waals surface area contributed by atoms with Crippen LogP contribution in [0.15, 0.2) is 24.3 Å². The lowest BCUT2D eigenvalue weighted by Gasteiger charge is -2.38. The molecule has 0 spiro atoms. The van der Waals surface area contributed by atoms with Gasteiger partial charge in [-0.1, -0.05) is 19.1 Å². The van der Waals surface area contributed by atoms with E-state index in [1.165, 1.54) is 0 Å². The number of nitrogens with one attached hydrogen (secondary N) is 2. The average molecular weight is 305 g/mol. The zero-order chi connectivity index (χ0) is 16.1. The fourth-order valence-electron chi connectivity index (χ4n) is 2.48. The Bertz CT molecular complexity index is 547. The number of fused-ring (bicyclic) bond motifs is 1. The minimum absolute atomic E-state index is 0.0931. The van der Waals surface area contributed by atoms with Gasteiger partial charge in [-0.25, -0.2) is 0 Å². The van der Waals surface area contributed by atoms with Gasteiger partial charge in [0, 0.05) is 13.6 Å². The van der Waals surface area contributed by atoms with Crippen LogP contribution < -0.4 is 20.3 Å². The van der Waals surface area contributed by atoms with Crippen LogP contribution in [0.2, 0.25) is 0 Å². The number of anilines is 1. The predicted molar refractivity (Wildman–Crippen MR) is 85.0 cm³/mol. The number of amides is 2. The predicted octanol–water partition coefficient (Wildman–Crippen LogP) is 0.915. The molecular weight excluding hydrogens is 282 g/mol. The van der Waals surface area contributed by atoms with Crippen LogP contribution in [0.3, 0.4) is 0 Å². The zero-order valence-corrected chi connectivity index (χ0v) is 13.3. The molecule has 0 aromatic heterocycles. The van der Waals surface area contributed by atoms with Crippen LogP contribution in [0.4, 0.5) is 5.69 Å². The molecule has 1 aromatic carbocycles. The summed E-state index contributed by atoms with van der Waals surface area (Å²) < 4.78 is 5.80. The fourth-order valence-corrected chi connectivity index (χ4v) is 2.48. The molecule has 0 saturated carbocycles. The molecule has 0 aliphatic carbocycles. The van der Waals surface area contributed by atoms with Gasteiger partial charge in [-0.05, 0) is 25.5 Å². The Hall–Kier alpha value is -2.24. The first-order valence-electron chi connectivity index (χ1n) is 7.60. The number of rotatable bonds is 5. The van der Waals surface area contributed by atoms with E-state index < -0.39 is 6.10 Å². The number of para-hydroxylation sites is 2. The van der Waals surface area contributed by atoms with Crippen LogP contribution in [0, 0.1) is 0 Å². The Morgan fingerprint density at radius 1 is 1.41 bits per heavy atom. The van der Waals surface area contributed by atoms with E-state index >= 15 is 0 Å². The Morgan fingerprint density at radius 2 is 2.14 bits per heavy atom. The Labute approximate surface area is 130 Å². The molecular formula is C16H23N3O3. The van der Waals surface area contributed by atoms with Gasteiger partial charge in [-0.3, -0.25) is 9.59 Å². The fraction of sp³-hybridized carbons (Fsp3) is 0.500. The van der Waals surface area contributed by atoms with Gasteiger partial charge in [0.05, 0.1) is 12.2 Å². The summed E-state index contributed by atoms with van der Waals surface area (Å²) in [6.07, 6.45) is 0.251. The molecule has 120 valence electrons. The van der Waals surface area contributed by atoms with Crippen LogP contribution in [-0.2, 0) is 9.59 Å². The number of benzene rings is 1. The van der Waals surface area contributed by atoms with Gasteiger partial charge in [-0.2, -0.15) is 0 Å². The van der Waals surface area contributed by atoms with Crippen molar-refractivity contribution in [1.82, 2.24) is 10.6 Å². The SMILES string of the molecule is CCCNC(=O)[C@@H]1CN([C@@H](C)C(=O)NC)c2ccccc2O1. The second-order valence-corrected chi connectivity index (χ2v) is 5.31. The standard InChI is InChI=1S/C16H23N3O3/c1-4-9-18-16(21)14-10-19(11(2)15(20)17-3)12-7-5-6-8-13(12)22-14/h5-8,11,14H,4,9-10H2,1-3H3,(H,17,20)(H,18,21)/t11-,14-/m0/s1. The first-order valence-corrected chi connectivity index (χ1v) is 7.60. The maximum Gasteiger partial charge on any atom is 0.262 e. The number of ether oxygens (including phenoxy) is 1. The number of hydrogen-bond acceptors (Lipinski definition) is 4. The minimum Gasteiger partial charge on any atom is -0.477 e. The van der Waals surface area contributed by atoms with Crippen molar-refractivity contribution in [3.8, 4) is 5.75 Å². The highest BCUT2D eigenvalue weighted by atomic mass is 16.5. The lowest BCUT2D eigenvalue weighted by molar-refractivity contribution is -0.128. The molecule has 1 heterocycles. The van der Waals surface area contributed by atoms with E-state index in [0.29, 0.717) is 18.8 Å². The van der Waals surface area contributed by atoms with E-state index in [1.807, 2.05) is 43.0 Å². The van der Waals surface area contributed by atoms with Crippen molar-refractivity contribution in [2.75, 3.05) is 25.0 Å². The van der Waals surface area contributed by atoms with Gasteiger partial charge >= 0.3 is 0 Å². The molecule has 22 heavy (non-hydrogen) atoms. The first-order chi connectivity index (χ1) is 10.6. The molecule has 1 aliphatic rings. The van der Waals surface area contributed by atoms with Crippen LogP contribution >= 0.6 is 0 Å². The monoisotopic (exact) mass is 305 g/mol. The highest BCUT2D eigenvalue weighted by Gasteiger charge is 2.34. The van der Waals surface area contributed by atoms with Crippen molar-refractivity contribution in [1.29, 1.82) is 0 Å². The topological polar surface area (TPSA) is 70.7 Å². The largest absolute Gasteiger partial charge is 0.477 e. The summed E-state index contributed by atoms with van der Waals surface area (Å²) in [4.78, 5) is 26.1. The maximum absolute atomic E-state index is 12.2. The van der Waals surface area contributed by atoms with Crippen molar-refractivity contribution in [3.05, 3.63) is 24.3 Å². The molecule has 1 aliphatic heterocycles. The molecule has 2 rings (SSSR count). The van der Waals surface area contributed by atoms with Crippen molar-refractivity contribution in [3.63, 3.8) is 0 Å². The van der Waals surface area contributed by atoms with E-state index in [-0.39, 0.29) is 17.9 Å². The Kier molecular flexibility index (Phi) is 5.25. The summed E-state index contributed by atoms with van der Waals surface area (Å²) >= 11 is 0. The normalized spacial score (nSPS) is 18.0.